The van der Waals surface area contributed by atoms with Crippen LogP contribution in [0.25, 0.3) is 0 Å². The molecule has 2 nitrogen and oxygen atoms in total. The van der Waals surface area contributed by atoms with Gasteiger partial charge in [0.05, 0.1) is 5.69 Å². The predicted octanol–water partition coefficient (Wildman–Crippen LogP) is 1.41. The molecule has 0 N–H and O–H groups in total. The van der Waals surface area contributed by atoms with E-state index in [1.165, 1.54) is 11.3 Å². The van der Waals surface area contributed by atoms with Crippen molar-refractivity contribution < 1.29 is 0 Å². The largest absolute Gasteiger partial charge is 0.272 e. The van der Waals surface area contributed by atoms with Gasteiger partial charge in [0.1, 0.15) is 0 Å². The molecule has 55 valence electrons. The van der Waals surface area contributed by atoms with Crippen LogP contribution in [-0.2, 0) is 13.5 Å². The summed E-state index contributed by atoms with van der Waals surface area (Å²) in [5, 5.41) is 4.26. The summed E-state index contributed by atoms with van der Waals surface area (Å²) in [5.41, 5.74) is 3.62. The van der Waals surface area contributed by atoms with E-state index < -0.39 is 0 Å². The maximum atomic E-state index is 4.26. The zero-order valence-electron chi connectivity index (χ0n) is 6.81. The van der Waals surface area contributed by atoms with Crippen molar-refractivity contribution >= 4 is 0 Å². The highest BCUT2D eigenvalue weighted by atomic mass is 15.3. The van der Waals surface area contributed by atoms with Crippen LogP contribution in [0.4, 0.5) is 0 Å². The summed E-state index contributed by atoms with van der Waals surface area (Å²) in [6.07, 6.45) is 0.823. The van der Waals surface area contributed by atoms with Crippen LogP contribution in [0.5, 0.6) is 0 Å². The predicted molar refractivity (Wildman–Crippen MR) is 41.7 cm³/mol. The van der Waals surface area contributed by atoms with Gasteiger partial charge < -0.3 is 0 Å². The van der Waals surface area contributed by atoms with Crippen molar-refractivity contribution in [1.29, 1.82) is 0 Å². The number of nitrogens with zero attached hydrogens (tertiary/aromatic N) is 2. The fourth-order valence-electron chi connectivity index (χ4n) is 1.16. The molecule has 0 saturated heterocycles. The van der Waals surface area contributed by atoms with Gasteiger partial charge in [-0.05, 0) is 32.8 Å². The Kier molecular flexibility index (Phi) is 1.79. The monoisotopic (exact) mass is 137 g/mol. The molecule has 2 heteroatoms. The maximum absolute atomic E-state index is 4.26. The molecular weight excluding hydrogens is 124 g/mol. The lowest BCUT2D eigenvalue weighted by Gasteiger charge is -1.96. The summed E-state index contributed by atoms with van der Waals surface area (Å²) in [6.45, 7) is 7.94. The maximum Gasteiger partial charge on any atom is 0.0625 e. The first-order chi connectivity index (χ1) is 4.66. The molecule has 10 heavy (non-hydrogen) atoms. The van der Waals surface area contributed by atoms with E-state index in [4.69, 9.17) is 0 Å². The Labute approximate surface area is 61.9 Å². The van der Waals surface area contributed by atoms with E-state index in [0.29, 0.717) is 0 Å². The van der Waals surface area contributed by atoms with E-state index in [-0.39, 0.29) is 0 Å². The van der Waals surface area contributed by atoms with E-state index in [1.807, 2.05) is 18.7 Å². The molecule has 0 amide bonds. The van der Waals surface area contributed by atoms with Gasteiger partial charge in [0.25, 0.3) is 0 Å². The molecule has 0 bridgehead atoms. The first-order valence-electron chi connectivity index (χ1n) is 3.45. The van der Waals surface area contributed by atoms with Gasteiger partial charge in [-0.2, -0.15) is 5.10 Å². The minimum Gasteiger partial charge on any atom is -0.272 e. The molecule has 1 rings (SSSR count). The normalized spacial score (nSPS) is 10.4. The Morgan fingerprint density at radius 2 is 2.10 bits per heavy atom. The number of rotatable bonds is 1. The lowest BCUT2D eigenvalue weighted by atomic mass is 10.2. The van der Waals surface area contributed by atoms with Crippen molar-refractivity contribution in [2.75, 3.05) is 0 Å². The fourth-order valence-corrected chi connectivity index (χ4v) is 1.16. The van der Waals surface area contributed by atoms with Crippen molar-refractivity contribution in [2.45, 2.75) is 20.3 Å². The van der Waals surface area contributed by atoms with Crippen LogP contribution in [0.1, 0.15) is 17.0 Å². The first-order valence-corrected chi connectivity index (χ1v) is 3.45. The molecule has 0 unspecified atom stereocenters. The van der Waals surface area contributed by atoms with E-state index in [2.05, 4.69) is 18.9 Å². The van der Waals surface area contributed by atoms with Crippen LogP contribution in [0, 0.1) is 20.8 Å². The number of hydrogen-bond acceptors (Lipinski definition) is 1. The minimum absolute atomic E-state index is 0.823. The van der Waals surface area contributed by atoms with Crippen molar-refractivity contribution in [1.82, 2.24) is 9.78 Å². The lowest BCUT2D eigenvalue weighted by molar-refractivity contribution is 0.718. The third-order valence-electron chi connectivity index (χ3n) is 1.90. The Morgan fingerprint density at radius 1 is 1.50 bits per heavy atom. The molecule has 0 saturated carbocycles. The van der Waals surface area contributed by atoms with Crippen LogP contribution in [-0.4, -0.2) is 9.78 Å². The van der Waals surface area contributed by atoms with Gasteiger partial charge in [0.2, 0.25) is 0 Å². The number of aryl methyl sites for hydroxylation is 2. The van der Waals surface area contributed by atoms with Gasteiger partial charge in [-0.1, -0.05) is 0 Å². The third-order valence-corrected chi connectivity index (χ3v) is 1.90. The molecule has 0 aliphatic heterocycles. The number of aromatic nitrogens is 2. The van der Waals surface area contributed by atoms with Crippen molar-refractivity contribution in [3.05, 3.63) is 23.9 Å². The van der Waals surface area contributed by atoms with Gasteiger partial charge in [0, 0.05) is 12.7 Å². The second-order valence-corrected chi connectivity index (χ2v) is 2.53. The van der Waals surface area contributed by atoms with Crippen LogP contribution in [0.2, 0.25) is 0 Å². The standard InChI is InChI=1S/C8H13N2/c1-5-8-6(2)7(3)9-10(8)4/h1,5H2,2-4H3. The van der Waals surface area contributed by atoms with Gasteiger partial charge in [-0.25, -0.2) is 0 Å². The van der Waals surface area contributed by atoms with E-state index in [9.17, 15) is 0 Å². The molecule has 0 spiro atoms. The van der Waals surface area contributed by atoms with Gasteiger partial charge in [-0.15, -0.1) is 0 Å². The molecular formula is C8H13N2. The third kappa shape index (κ3) is 0.939. The van der Waals surface area contributed by atoms with Crippen LogP contribution < -0.4 is 0 Å². The molecule has 0 aromatic carbocycles. The molecule has 0 aliphatic rings. The summed E-state index contributed by atoms with van der Waals surface area (Å²) in [4.78, 5) is 0. The summed E-state index contributed by atoms with van der Waals surface area (Å²) >= 11 is 0. The Bertz CT molecular complexity index is 236. The Balaban J connectivity index is 3.20. The highest BCUT2D eigenvalue weighted by Gasteiger charge is 2.04. The van der Waals surface area contributed by atoms with Crippen molar-refractivity contribution in [2.24, 2.45) is 7.05 Å². The quantitative estimate of drug-likeness (QED) is 0.572. The fraction of sp³-hybridized carbons (Fsp3) is 0.500. The molecule has 0 fully saturated rings. The van der Waals surface area contributed by atoms with Crippen LogP contribution in [0.3, 0.4) is 0 Å². The van der Waals surface area contributed by atoms with Crippen molar-refractivity contribution in [3.8, 4) is 0 Å². The molecule has 1 aromatic rings. The average molecular weight is 137 g/mol. The molecule has 1 radical (unpaired) electrons. The highest BCUT2D eigenvalue weighted by Crippen LogP contribution is 2.10. The van der Waals surface area contributed by atoms with Crippen molar-refractivity contribution in [3.63, 3.8) is 0 Å². The molecule has 1 aromatic heterocycles. The van der Waals surface area contributed by atoms with E-state index in [1.54, 1.807) is 0 Å². The van der Waals surface area contributed by atoms with Gasteiger partial charge in [0.15, 0.2) is 0 Å². The SMILES string of the molecule is [CH2]Cc1c(C)c(C)nn1C. The minimum atomic E-state index is 0.823. The second-order valence-electron chi connectivity index (χ2n) is 2.53. The summed E-state index contributed by atoms with van der Waals surface area (Å²) in [6, 6.07) is 0. The first kappa shape index (κ1) is 7.32. The van der Waals surface area contributed by atoms with E-state index in [0.717, 1.165) is 12.1 Å². The highest BCUT2D eigenvalue weighted by molar-refractivity contribution is 5.23. The molecule has 1 heterocycles. The average Bonchev–Trinajstić information content (AvgIpc) is 2.09. The molecule has 0 aliphatic carbocycles. The summed E-state index contributed by atoms with van der Waals surface area (Å²) in [7, 11) is 1.96. The van der Waals surface area contributed by atoms with Gasteiger partial charge in [-0.3, -0.25) is 4.68 Å². The van der Waals surface area contributed by atoms with Crippen LogP contribution in [0.15, 0.2) is 0 Å². The zero-order chi connectivity index (χ0) is 7.72. The summed E-state index contributed by atoms with van der Waals surface area (Å²) < 4.78 is 1.90. The smallest absolute Gasteiger partial charge is 0.0625 e. The Hall–Kier alpha value is -0.790. The summed E-state index contributed by atoms with van der Waals surface area (Å²) in [5.74, 6) is 0. The number of hydrogen-bond donors (Lipinski definition) is 0. The second kappa shape index (κ2) is 2.45. The topological polar surface area (TPSA) is 17.8 Å². The zero-order valence-corrected chi connectivity index (χ0v) is 6.81. The van der Waals surface area contributed by atoms with E-state index >= 15 is 0 Å². The molecule has 0 atom stereocenters. The Morgan fingerprint density at radius 3 is 2.30 bits per heavy atom. The van der Waals surface area contributed by atoms with Gasteiger partial charge >= 0.3 is 0 Å². The lowest BCUT2D eigenvalue weighted by Crippen LogP contribution is -1.96. The van der Waals surface area contributed by atoms with Crippen LogP contribution >= 0.6 is 0 Å².